The van der Waals surface area contributed by atoms with Crippen LogP contribution in [0.4, 0.5) is 4.79 Å². The second-order valence-electron chi connectivity index (χ2n) is 4.25. The Bertz CT molecular complexity index is 248. The van der Waals surface area contributed by atoms with E-state index in [2.05, 4.69) is 5.32 Å². The summed E-state index contributed by atoms with van der Waals surface area (Å²) in [4.78, 5) is 23.9. The van der Waals surface area contributed by atoms with E-state index in [4.69, 9.17) is 9.84 Å². The fourth-order valence-electron chi connectivity index (χ4n) is 1.12. The lowest BCUT2D eigenvalue weighted by Gasteiger charge is -2.29. The summed E-state index contributed by atoms with van der Waals surface area (Å²) < 4.78 is 5.13. The lowest BCUT2D eigenvalue weighted by Crippen LogP contribution is -2.51. The van der Waals surface area contributed by atoms with Gasteiger partial charge in [-0.25, -0.2) is 4.79 Å². The van der Waals surface area contributed by atoms with E-state index < -0.39 is 11.7 Å². The maximum atomic E-state index is 11.5. The highest BCUT2D eigenvalue weighted by molar-refractivity contribution is 5.83. The average Bonchev–Trinajstić information content (AvgIpc) is 2.18. The molecule has 0 aliphatic carbocycles. The number of piperazine rings is 1. The Kier molecular flexibility index (Phi) is 5.81. The molecule has 0 aromatic rings. The molecule has 0 unspecified atom stereocenters. The van der Waals surface area contributed by atoms with E-state index >= 15 is 0 Å². The predicted octanol–water partition coefficient (Wildman–Crippen LogP) is -0.0382. The van der Waals surface area contributed by atoms with Crippen molar-refractivity contribution in [1.29, 1.82) is 0 Å². The summed E-state index contributed by atoms with van der Waals surface area (Å²) in [5, 5.41) is 9.64. The fraction of sp³-hybridized carbons (Fsp3) is 0.800. The second kappa shape index (κ2) is 6.32. The first-order valence-electron chi connectivity index (χ1n) is 5.08. The molecule has 2 N–H and O–H groups in total. The number of nitrogens with one attached hydrogen (secondary N) is 1. The summed E-state index contributed by atoms with van der Waals surface area (Å²) in [7, 11) is 1.00. The molecule has 0 aromatic heterocycles. The van der Waals surface area contributed by atoms with Gasteiger partial charge in [0.1, 0.15) is 12.1 Å². The highest BCUT2D eigenvalue weighted by Gasteiger charge is 2.25. The maximum absolute atomic E-state index is 11.5. The van der Waals surface area contributed by atoms with Crippen LogP contribution in [0, 0.1) is 0 Å². The Labute approximate surface area is 95.6 Å². The minimum Gasteiger partial charge on any atom is -0.444 e. The molecular weight excluding hydrogens is 212 g/mol. The van der Waals surface area contributed by atoms with Crippen molar-refractivity contribution in [2.45, 2.75) is 26.4 Å². The average molecular weight is 232 g/mol. The van der Waals surface area contributed by atoms with Crippen molar-refractivity contribution in [1.82, 2.24) is 10.2 Å². The van der Waals surface area contributed by atoms with Gasteiger partial charge in [-0.3, -0.25) is 9.69 Å². The van der Waals surface area contributed by atoms with Gasteiger partial charge >= 0.3 is 6.09 Å². The van der Waals surface area contributed by atoms with Crippen LogP contribution in [0.1, 0.15) is 20.8 Å². The third-order valence-corrected chi connectivity index (χ3v) is 1.69. The Hall–Kier alpha value is -1.30. The summed E-state index contributed by atoms with van der Waals surface area (Å²) >= 11 is 0. The quantitative estimate of drug-likeness (QED) is 0.614. The summed E-state index contributed by atoms with van der Waals surface area (Å²) in [5.41, 5.74) is -0.509. The molecular formula is C10H20N2O4. The zero-order valence-electron chi connectivity index (χ0n) is 10.2. The third kappa shape index (κ3) is 5.55. The number of carbonyl (C=O) groups excluding carboxylic acids is 2. The Balaban J connectivity index is 0.00000106. The fourth-order valence-corrected chi connectivity index (χ4v) is 1.12. The van der Waals surface area contributed by atoms with Gasteiger partial charge in [-0.05, 0) is 20.8 Å². The van der Waals surface area contributed by atoms with Crippen LogP contribution in [0.15, 0.2) is 0 Å². The first-order valence-corrected chi connectivity index (χ1v) is 5.08. The molecule has 1 aliphatic rings. The van der Waals surface area contributed by atoms with Crippen molar-refractivity contribution < 1.29 is 19.4 Å². The van der Waals surface area contributed by atoms with E-state index in [0.717, 1.165) is 7.11 Å². The molecule has 0 bridgehead atoms. The number of aliphatic hydroxyl groups is 1. The number of hydrogen-bond donors (Lipinski definition) is 2. The minimum absolute atomic E-state index is 0.0922. The minimum atomic E-state index is -0.509. The summed E-state index contributed by atoms with van der Waals surface area (Å²) in [5.74, 6) is -0.137. The number of nitrogens with zero attached hydrogens (tertiary/aromatic N) is 1. The van der Waals surface area contributed by atoms with Gasteiger partial charge in [0.2, 0.25) is 5.91 Å². The molecule has 6 nitrogen and oxygen atoms in total. The van der Waals surface area contributed by atoms with E-state index in [1.54, 1.807) is 20.8 Å². The van der Waals surface area contributed by atoms with Gasteiger partial charge in [0.05, 0.1) is 0 Å². The monoisotopic (exact) mass is 232 g/mol. The SMILES string of the molecule is CC(C)(C)OC(=O)N1CCNC(=O)C1.CO. The van der Waals surface area contributed by atoms with Gasteiger partial charge in [-0.1, -0.05) is 0 Å². The van der Waals surface area contributed by atoms with Crippen molar-refractivity contribution >= 4 is 12.0 Å². The number of hydrogen-bond acceptors (Lipinski definition) is 4. The zero-order chi connectivity index (χ0) is 12.8. The molecule has 1 heterocycles. The van der Waals surface area contributed by atoms with Gasteiger partial charge in [0.15, 0.2) is 0 Å². The molecule has 16 heavy (non-hydrogen) atoms. The molecule has 2 amide bonds. The van der Waals surface area contributed by atoms with E-state index in [1.165, 1.54) is 4.90 Å². The number of ether oxygens (including phenoxy) is 1. The van der Waals surface area contributed by atoms with E-state index in [-0.39, 0.29) is 12.5 Å². The van der Waals surface area contributed by atoms with Crippen molar-refractivity contribution in [2.75, 3.05) is 26.7 Å². The van der Waals surface area contributed by atoms with Crippen LogP contribution in [0.3, 0.4) is 0 Å². The Morgan fingerprint density at radius 2 is 2.00 bits per heavy atom. The normalized spacial score (nSPS) is 15.8. The molecule has 0 spiro atoms. The lowest BCUT2D eigenvalue weighted by molar-refractivity contribution is -0.124. The molecule has 1 aliphatic heterocycles. The van der Waals surface area contributed by atoms with Crippen LogP contribution in [0.25, 0.3) is 0 Å². The number of amides is 2. The van der Waals surface area contributed by atoms with Crippen LogP contribution in [-0.4, -0.2) is 54.4 Å². The predicted molar refractivity (Wildman–Crippen MR) is 59.0 cm³/mol. The topological polar surface area (TPSA) is 78.9 Å². The van der Waals surface area contributed by atoms with Crippen LogP contribution in [0.5, 0.6) is 0 Å². The molecule has 0 saturated carbocycles. The Morgan fingerprint density at radius 1 is 1.44 bits per heavy atom. The molecule has 6 heteroatoms. The van der Waals surface area contributed by atoms with Crippen LogP contribution >= 0.6 is 0 Å². The number of aliphatic hydroxyl groups excluding tert-OH is 1. The van der Waals surface area contributed by atoms with Gasteiger partial charge in [-0.2, -0.15) is 0 Å². The molecule has 0 aromatic carbocycles. The smallest absolute Gasteiger partial charge is 0.410 e. The number of rotatable bonds is 0. The van der Waals surface area contributed by atoms with E-state index in [9.17, 15) is 9.59 Å². The molecule has 0 atom stereocenters. The molecule has 94 valence electrons. The first-order chi connectivity index (χ1) is 7.38. The van der Waals surface area contributed by atoms with Crippen LogP contribution in [0.2, 0.25) is 0 Å². The Morgan fingerprint density at radius 3 is 2.44 bits per heavy atom. The molecule has 1 saturated heterocycles. The van der Waals surface area contributed by atoms with Gasteiger partial charge < -0.3 is 15.2 Å². The first kappa shape index (κ1) is 14.7. The van der Waals surface area contributed by atoms with E-state index in [0.29, 0.717) is 13.1 Å². The van der Waals surface area contributed by atoms with Gasteiger partial charge in [0, 0.05) is 20.2 Å². The van der Waals surface area contributed by atoms with Crippen LogP contribution in [-0.2, 0) is 9.53 Å². The molecule has 0 radical (unpaired) electrons. The lowest BCUT2D eigenvalue weighted by atomic mass is 10.2. The maximum Gasteiger partial charge on any atom is 0.410 e. The van der Waals surface area contributed by atoms with Crippen molar-refractivity contribution in [2.24, 2.45) is 0 Å². The number of carbonyl (C=O) groups is 2. The highest BCUT2D eigenvalue weighted by Crippen LogP contribution is 2.10. The standard InChI is InChI=1S/C9H16N2O3.CH4O/c1-9(2,3)14-8(13)11-5-4-10-7(12)6-11;1-2/h4-6H2,1-3H3,(H,10,12);2H,1H3. The summed E-state index contributed by atoms with van der Waals surface area (Å²) in [6.45, 7) is 6.51. The summed E-state index contributed by atoms with van der Waals surface area (Å²) in [6.07, 6.45) is -0.424. The second-order valence-corrected chi connectivity index (χ2v) is 4.25. The van der Waals surface area contributed by atoms with Crippen molar-refractivity contribution in [3.63, 3.8) is 0 Å². The third-order valence-electron chi connectivity index (χ3n) is 1.69. The molecule has 1 fully saturated rings. The highest BCUT2D eigenvalue weighted by atomic mass is 16.6. The zero-order valence-corrected chi connectivity index (χ0v) is 10.2. The summed E-state index contributed by atoms with van der Waals surface area (Å²) in [6, 6.07) is 0. The molecule has 1 rings (SSSR count). The van der Waals surface area contributed by atoms with Crippen molar-refractivity contribution in [3.05, 3.63) is 0 Å². The van der Waals surface area contributed by atoms with Crippen LogP contribution < -0.4 is 5.32 Å². The van der Waals surface area contributed by atoms with Gasteiger partial charge in [-0.15, -0.1) is 0 Å². The van der Waals surface area contributed by atoms with E-state index in [1.807, 2.05) is 0 Å². The van der Waals surface area contributed by atoms with Gasteiger partial charge in [0.25, 0.3) is 0 Å². The largest absolute Gasteiger partial charge is 0.444 e. The van der Waals surface area contributed by atoms with Crippen molar-refractivity contribution in [3.8, 4) is 0 Å².